The van der Waals surface area contributed by atoms with Gasteiger partial charge in [0.1, 0.15) is 5.54 Å². The van der Waals surface area contributed by atoms with Gasteiger partial charge in [-0.05, 0) is 52.8 Å². The fraction of sp³-hybridized carbons (Fsp3) is 0.206. The Labute approximate surface area is 214 Å². The zero-order valence-electron chi connectivity index (χ0n) is 20.6. The van der Waals surface area contributed by atoms with Gasteiger partial charge in [0.2, 0.25) is 0 Å². The molecule has 1 spiro atoms. The minimum Gasteiger partial charge on any atom is -0.305 e. The van der Waals surface area contributed by atoms with E-state index in [1.54, 1.807) is 0 Å². The quantitative estimate of drug-likeness (QED) is 0.325. The van der Waals surface area contributed by atoms with Gasteiger partial charge in [0.25, 0.3) is 0 Å². The molecule has 1 N–H and O–H groups in total. The summed E-state index contributed by atoms with van der Waals surface area (Å²) in [6, 6.07) is 43.4. The number of rotatable bonds is 4. The minimum absolute atomic E-state index is 0.0400. The maximum Gasteiger partial charge on any atom is 0.113 e. The molecule has 0 bridgehead atoms. The lowest BCUT2D eigenvalue weighted by molar-refractivity contribution is 0.531. The van der Waals surface area contributed by atoms with Crippen LogP contribution in [0.3, 0.4) is 0 Å². The van der Waals surface area contributed by atoms with E-state index in [1.807, 2.05) is 0 Å². The predicted octanol–water partition coefficient (Wildman–Crippen LogP) is 7.74. The fourth-order valence-electron chi connectivity index (χ4n) is 5.76. The van der Waals surface area contributed by atoms with Gasteiger partial charge in [-0.2, -0.15) is 0 Å². The standard InChI is InChI=1S/C34H32N2/c1-6-16-26(17-7-1)30-31(27-18-8-2-9-19-27)34(30)24-14-5-15-25-35-32(28-20-10-3-11-21-28)33(36-34)29-22-12-4-13-23-29/h1-4,6-13,16-23,32,35H,5,14-15,24-25H2. The molecule has 178 valence electrons. The lowest BCUT2D eigenvalue weighted by Crippen LogP contribution is -2.33. The van der Waals surface area contributed by atoms with E-state index >= 15 is 0 Å². The molecule has 1 aliphatic heterocycles. The second kappa shape index (κ2) is 10.1. The molecule has 0 amide bonds. The minimum atomic E-state index is -0.306. The lowest BCUT2D eigenvalue weighted by atomic mass is 9.91. The van der Waals surface area contributed by atoms with Crippen molar-refractivity contribution in [2.24, 2.45) is 4.99 Å². The van der Waals surface area contributed by atoms with Crippen molar-refractivity contribution in [3.63, 3.8) is 0 Å². The van der Waals surface area contributed by atoms with Crippen molar-refractivity contribution in [2.75, 3.05) is 6.54 Å². The van der Waals surface area contributed by atoms with Crippen LogP contribution in [0.4, 0.5) is 0 Å². The molecule has 36 heavy (non-hydrogen) atoms. The van der Waals surface area contributed by atoms with Gasteiger partial charge in [-0.3, -0.25) is 4.99 Å². The molecule has 2 nitrogen and oxygen atoms in total. The average molecular weight is 469 g/mol. The van der Waals surface area contributed by atoms with Gasteiger partial charge in [0.15, 0.2) is 0 Å². The SMILES string of the molecule is c1ccc(C2=NC3(CCCCCNC2c2ccccc2)C(c2ccccc2)=C3c2ccccc2)cc1. The average Bonchev–Trinajstić information content (AvgIpc) is 3.61. The molecule has 4 aromatic carbocycles. The molecule has 0 radical (unpaired) electrons. The predicted molar refractivity (Wildman–Crippen MR) is 151 cm³/mol. The highest BCUT2D eigenvalue weighted by atomic mass is 15.0. The van der Waals surface area contributed by atoms with E-state index in [2.05, 4.69) is 127 Å². The van der Waals surface area contributed by atoms with Crippen molar-refractivity contribution in [1.29, 1.82) is 0 Å². The molecule has 0 fully saturated rings. The number of hydrogen-bond donors (Lipinski definition) is 1. The Hall–Kier alpha value is -3.75. The van der Waals surface area contributed by atoms with Crippen molar-refractivity contribution in [3.8, 4) is 0 Å². The van der Waals surface area contributed by atoms with Crippen LogP contribution in [-0.2, 0) is 0 Å². The second-order valence-corrected chi connectivity index (χ2v) is 9.81. The van der Waals surface area contributed by atoms with Gasteiger partial charge < -0.3 is 5.32 Å². The zero-order chi connectivity index (χ0) is 24.2. The normalized spacial score (nSPS) is 19.6. The van der Waals surface area contributed by atoms with Crippen LogP contribution in [0.15, 0.2) is 126 Å². The van der Waals surface area contributed by atoms with E-state index < -0.39 is 0 Å². The Morgan fingerprint density at radius 3 is 1.61 bits per heavy atom. The molecular formula is C34H32N2. The van der Waals surface area contributed by atoms with Crippen LogP contribution in [0.1, 0.15) is 54.0 Å². The van der Waals surface area contributed by atoms with Gasteiger partial charge in [-0.1, -0.05) is 134 Å². The van der Waals surface area contributed by atoms with Gasteiger partial charge >= 0.3 is 0 Å². The van der Waals surface area contributed by atoms with Gasteiger partial charge in [-0.15, -0.1) is 0 Å². The number of nitrogens with zero attached hydrogens (tertiary/aromatic N) is 1. The maximum absolute atomic E-state index is 5.80. The summed E-state index contributed by atoms with van der Waals surface area (Å²) < 4.78 is 0. The molecule has 4 aromatic rings. The summed E-state index contributed by atoms with van der Waals surface area (Å²) in [6.07, 6.45) is 4.58. The molecule has 1 heterocycles. The monoisotopic (exact) mass is 468 g/mol. The van der Waals surface area contributed by atoms with Crippen molar-refractivity contribution < 1.29 is 0 Å². The highest BCUT2D eigenvalue weighted by Crippen LogP contribution is 2.62. The Balaban J connectivity index is 1.57. The molecule has 1 unspecified atom stereocenters. The Kier molecular flexibility index (Phi) is 6.36. The lowest BCUT2D eigenvalue weighted by Gasteiger charge is -2.27. The third-order valence-electron chi connectivity index (χ3n) is 7.49. The molecule has 0 saturated carbocycles. The van der Waals surface area contributed by atoms with Crippen LogP contribution in [0.5, 0.6) is 0 Å². The summed E-state index contributed by atoms with van der Waals surface area (Å²) >= 11 is 0. The molecular weight excluding hydrogens is 436 g/mol. The smallest absolute Gasteiger partial charge is 0.113 e. The highest BCUT2D eigenvalue weighted by molar-refractivity contribution is 6.21. The molecule has 0 saturated heterocycles. The van der Waals surface area contributed by atoms with Crippen LogP contribution < -0.4 is 5.32 Å². The van der Waals surface area contributed by atoms with E-state index in [0.29, 0.717) is 0 Å². The summed E-state index contributed by atoms with van der Waals surface area (Å²) in [7, 11) is 0. The number of benzene rings is 4. The van der Waals surface area contributed by atoms with E-state index in [4.69, 9.17) is 4.99 Å². The van der Waals surface area contributed by atoms with Gasteiger partial charge in [0.05, 0.1) is 11.8 Å². The number of aliphatic imine (C=N–C) groups is 1. The molecule has 2 heteroatoms. The number of nitrogens with one attached hydrogen (secondary N) is 1. The first-order chi connectivity index (χ1) is 17.9. The fourth-order valence-corrected chi connectivity index (χ4v) is 5.76. The summed E-state index contributed by atoms with van der Waals surface area (Å²) in [5.41, 5.74) is 8.61. The van der Waals surface area contributed by atoms with Crippen molar-refractivity contribution in [1.82, 2.24) is 5.32 Å². The summed E-state index contributed by atoms with van der Waals surface area (Å²) in [5.74, 6) is 0. The molecule has 1 atom stereocenters. The Morgan fingerprint density at radius 2 is 1.06 bits per heavy atom. The van der Waals surface area contributed by atoms with Gasteiger partial charge in [0, 0.05) is 0 Å². The van der Waals surface area contributed by atoms with Crippen molar-refractivity contribution in [2.45, 2.75) is 37.3 Å². The summed E-state index contributed by atoms with van der Waals surface area (Å²) in [4.78, 5) is 5.80. The second-order valence-electron chi connectivity index (χ2n) is 9.81. The van der Waals surface area contributed by atoms with Crippen LogP contribution in [-0.4, -0.2) is 17.8 Å². The third kappa shape index (κ3) is 4.34. The summed E-state index contributed by atoms with van der Waals surface area (Å²) in [5, 5.41) is 3.88. The van der Waals surface area contributed by atoms with E-state index in [1.165, 1.54) is 46.2 Å². The van der Waals surface area contributed by atoms with Crippen LogP contribution >= 0.6 is 0 Å². The van der Waals surface area contributed by atoms with Crippen molar-refractivity contribution >= 4 is 16.9 Å². The molecule has 6 rings (SSSR count). The highest BCUT2D eigenvalue weighted by Gasteiger charge is 2.54. The summed E-state index contributed by atoms with van der Waals surface area (Å²) in [6.45, 7) is 0.989. The van der Waals surface area contributed by atoms with E-state index in [9.17, 15) is 0 Å². The topological polar surface area (TPSA) is 24.4 Å². The third-order valence-corrected chi connectivity index (χ3v) is 7.49. The molecule has 0 aromatic heterocycles. The first kappa shape index (κ1) is 22.7. The number of hydrogen-bond acceptors (Lipinski definition) is 2. The maximum atomic E-state index is 5.80. The van der Waals surface area contributed by atoms with Crippen LogP contribution in [0.2, 0.25) is 0 Å². The van der Waals surface area contributed by atoms with E-state index in [0.717, 1.165) is 25.1 Å². The Bertz CT molecular complexity index is 1310. The molecule has 2 aliphatic rings. The van der Waals surface area contributed by atoms with Gasteiger partial charge in [-0.25, -0.2) is 0 Å². The van der Waals surface area contributed by atoms with Crippen LogP contribution in [0.25, 0.3) is 11.1 Å². The van der Waals surface area contributed by atoms with Crippen LogP contribution in [0, 0.1) is 0 Å². The first-order valence-corrected chi connectivity index (χ1v) is 13.2. The zero-order valence-corrected chi connectivity index (χ0v) is 20.6. The largest absolute Gasteiger partial charge is 0.305 e. The first-order valence-electron chi connectivity index (χ1n) is 13.2. The van der Waals surface area contributed by atoms with Crippen molar-refractivity contribution in [3.05, 3.63) is 144 Å². The molecule has 1 aliphatic carbocycles. The Morgan fingerprint density at radius 1 is 0.556 bits per heavy atom. The van der Waals surface area contributed by atoms with E-state index in [-0.39, 0.29) is 11.6 Å².